The van der Waals surface area contributed by atoms with E-state index in [0.717, 1.165) is 5.56 Å². The summed E-state index contributed by atoms with van der Waals surface area (Å²) in [6.07, 6.45) is 0. The third kappa shape index (κ3) is 4.22. The lowest BCUT2D eigenvalue weighted by molar-refractivity contribution is 0.600. The standard InChI is InChI=1S/C22H19ClN4O2S/c1-14-7-8-15(2)20(13-14)30(28,29)27-22-21(24-17-11-9-16(23)10-12-17)25-18-5-3-4-6-19(18)26-22/h3-13H,1-2H3,(H,24,25)(H,26,27). The maximum Gasteiger partial charge on any atom is 0.263 e. The number of hydrogen-bond donors (Lipinski definition) is 2. The molecule has 0 aliphatic carbocycles. The molecule has 0 unspecified atom stereocenters. The Morgan fingerprint density at radius 2 is 1.47 bits per heavy atom. The van der Waals surface area contributed by atoms with Gasteiger partial charge in [0.1, 0.15) is 0 Å². The molecule has 0 aliphatic heterocycles. The highest BCUT2D eigenvalue weighted by molar-refractivity contribution is 7.92. The number of hydrogen-bond acceptors (Lipinski definition) is 5. The van der Waals surface area contributed by atoms with E-state index in [9.17, 15) is 8.42 Å². The van der Waals surface area contributed by atoms with Gasteiger partial charge in [0.05, 0.1) is 15.9 Å². The molecule has 0 radical (unpaired) electrons. The molecule has 30 heavy (non-hydrogen) atoms. The minimum Gasteiger partial charge on any atom is -0.337 e. The highest BCUT2D eigenvalue weighted by Crippen LogP contribution is 2.28. The Bertz CT molecular complexity index is 1340. The Morgan fingerprint density at radius 1 is 0.833 bits per heavy atom. The number of sulfonamides is 1. The van der Waals surface area contributed by atoms with Crippen LogP contribution in [0.3, 0.4) is 0 Å². The number of benzene rings is 3. The summed E-state index contributed by atoms with van der Waals surface area (Å²) >= 11 is 5.96. The normalized spacial score (nSPS) is 11.4. The van der Waals surface area contributed by atoms with Crippen LogP contribution in [-0.2, 0) is 10.0 Å². The van der Waals surface area contributed by atoms with Crippen LogP contribution in [0, 0.1) is 13.8 Å². The third-order valence-electron chi connectivity index (χ3n) is 4.54. The zero-order valence-electron chi connectivity index (χ0n) is 16.3. The number of aromatic nitrogens is 2. The summed E-state index contributed by atoms with van der Waals surface area (Å²) in [7, 11) is -3.87. The molecule has 152 valence electrons. The molecular formula is C22H19ClN4O2S. The summed E-state index contributed by atoms with van der Waals surface area (Å²) < 4.78 is 28.9. The van der Waals surface area contributed by atoms with Crippen molar-refractivity contribution in [2.45, 2.75) is 18.7 Å². The van der Waals surface area contributed by atoms with Crippen molar-refractivity contribution >= 4 is 50.0 Å². The molecule has 4 rings (SSSR count). The molecule has 6 nitrogen and oxygen atoms in total. The van der Waals surface area contributed by atoms with Gasteiger partial charge in [0, 0.05) is 10.7 Å². The van der Waals surface area contributed by atoms with E-state index in [0.29, 0.717) is 33.1 Å². The summed E-state index contributed by atoms with van der Waals surface area (Å²) in [6, 6.07) is 19.6. The monoisotopic (exact) mass is 438 g/mol. The smallest absolute Gasteiger partial charge is 0.263 e. The van der Waals surface area contributed by atoms with Crippen molar-refractivity contribution in [3.05, 3.63) is 82.9 Å². The highest BCUT2D eigenvalue weighted by atomic mass is 35.5. The average molecular weight is 439 g/mol. The van der Waals surface area contributed by atoms with Crippen LogP contribution >= 0.6 is 11.6 Å². The molecule has 0 aliphatic rings. The molecule has 0 fully saturated rings. The van der Waals surface area contributed by atoms with Crippen LogP contribution in [0.15, 0.2) is 71.6 Å². The van der Waals surface area contributed by atoms with Crippen LogP contribution in [0.25, 0.3) is 11.0 Å². The van der Waals surface area contributed by atoms with Crippen molar-refractivity contribution in [3.8, 4) is 0 Å². The minimum atomic E-state index is -3.87. The van der Waals surface area contributed by atoms with E-state index in [2.05, 4.69) is 20.0 Å². The van der Waals surface area contributed by atoms with Crippen LogP contribution in [0.5, 0.6) is 0 Å². The molecular weight excluding hydrogens is 420 g/mol. The Balaban J connectivity index is 1.80. The van der Waals surface area contributed by atoms with Gasteiger partial charge in [-0.1, -0.05) is 35.9 Å². The number of nitrogens with one attached hydrogen (secondary N) is 2. The molecule has 3 aromatic carbocycles. The van der Waals surface area contributed by atoms with Crippen molar-refractivity contribution < 1.29 is 8.42 Å². The van der Waals surface area contributed by atoms with E-state index >= 15 is 0 Å². The Labute approximate surface area is 180 Å². The van der Waals surface area contributed by atoms with E-state index in [1.807, 2.05) is 31.2 Å². The molecule has 0 saturated heterocycles. The molecule has 4 aromatic rings. The zero-order chi connectivity index (χ0) is 21.3. The van der Waals surface area contributed by atoms with Crippen LogP contribution in [-0.4, -0.2) is 18.4 Å². The predicted octanol–water partition coefficient (Wildman–Crippen LogP) is 5.44. The molecule has 0 saturated carbocycles. The largest absolute Gasteiger partial charge is 0.337 e. The van der Waals surface area contributed by atoms with Gasteiger partial charge in [-0.25, -0.2) is 18.4 Å². The first-order valence-electron chi connectivity index (χ1n) is 9.21. The fraction of sp³-hybridized carbons (Fsp3) is 0.0909. The number of halogens is 1. The third-order valence-corrected chi connectivity index (χ3v) is 6.27. The quantitative estimate of drug-likeness (QED) is 0.433. The second-order valence-electron chi connectivity index (χ2n) is 6.92. The number of rotatable bonds is 5. The van der Waals surface area contributed by atoms with Crippen LogP contribution in [0.4, 0.5) is 17.3 Å². The topological polar surface area (TPSA) is 84.0 Å². The van der Waals surface area contributed by atoms with Crippen molar-refractivity contribution in [1.29, 1.82) is 0 Å². The average Bonchev–Trinajstić information content (AvgIpc) is 2.71. The van der Waals surface area contributed by atoms with E-state index in [4.69, 9.17) is 11.6 Å². The lowest BCUT2D eigenvalue weighted by Gasteiger charge is -2.15. The van der Waals surface area contributed by atoms with Crippen LogP contribution < -0.4 is 10.0 Å². The summed E-state index contributed by atoms with van der Waals surface area (Å²) in [5, 5.41) is 3.73. The summed E-state index contributed by atoms with van der Waals surface area (Å²) in [4.78, 5) is 9.29. The lowest BCUT2D eigenvalue weighted by Crippen LogP contribution is -2.17. The van der Waals surface area contributed by atoms with Gasteiger partial charge in [0.25, 0.3) is 10.0 Å². The van der Waals surface area contributed by atoms with Gasteiger partial charge in [-0.05, 0) is 67.4 Å². The zero-order valence-corrected chi connectivity index (χ0v) is 17.9. The van der Waals surface area contributed by atoms with Crippen molar-refractivity contribution in [1.82, 2.24) is 9.97 Å². The van der Waals surface area contributed by atoms with Gasteiger partial charge in [0.15, 0.2) is 11.6 Å². The maximum atomic E-state index is 13.1. The van der Waals surface area contributed by atoms with Crippen LogP contribution in [0.1, 0.15) is 11.1 Å². The lowest BCUT2D eigenvalue weighted by atomic mass is 10.2. The number of aryl methyl sites for hydroxylation is 2. The predicted molar refractivity (Wildman–Crippen MR) is 121 cm³/mol. The molecule has 1 aromatic heterocycles. The Hall–Kier alpha value is -3.16. The number of nitrogens with zero attached hydrogens (tertiary/aromatic N) is 2. The van der Waals surface area contributed by atoms with Crippen molar-refractivity contribution in [2.75, 3.05) is 10.0 Å². The second kappa shape index (κ2) is 7.93. The first-order valence-corrected chi connectivity index (χ1v) is 11.1. The van der Waals surface area contributed by atoms with Gasteiger partial charge in [-0.15, -0.1) is 0 Å². The van der Waals surface area contributed by atoms with E-state index in [1.54, 1.807) is 49.4 Å². The van der Waals surface area contributed by atoms with Crippen molar-refractivity contribution in [2.24, 2.45) is 0 Å². The maximum absolute atomic E-state index is 13.1. The Morgan fingerprint density at radius 3 is 2.13 bits per heavy atom. The fourth-order valence-corrected chi connectivity index (χ4v) is 4.47. The van der Waals surface area contributed by atoms with Gasteiger partial charge < -0.3 is 5.32 Å². The number of anilines is 3. The van der Waals surface area contributed by atoms with Gasteiger partial charge >= 0.3 is 0 Å². The number of fused-ring (bicyclic) bond motifs is 1. The van der Waals surface area contributed by atoms with Crippen molar-refractivity contribution in [3.63, 3.8) is 0 Å². The Kier molecular flexibility index (Phi) is 5.32. The highest BCUT2D eigenvalue weighted by Gasteiger charge is 2.21. The molecule has 2 N–H and O–H groups in total. The second-order valence-corrected chi connectivity index (χ2v) is 9.00. The fourth-order valence-electron chi connectivity index (χ4n) is 3.01. The number of para-hydroxylation sites is 2. The van der Waals surface area contributed by atoms with Gasteiger partial charge in [-0.2, -0.15) is 0 Å². The van der Waals surface area contributed by atoms with Crippen LogP contribution in [0.2, 0.25) is 5.02 Å². The van der Waals surface area contributed by atoms with Gasteiger partial charge in [-0.3, -0.25) is 4.72 Å². The molecule has 0 spiro atoms. The SMILES string of the molecule is Cc1ccc(C)c(S(=O)(=O)Nc2nc3ccccc3nc2Nc2ccc(Cl)cc2)c1. The summed E-state index contributed by atoms with van der Waals surface area (Å²) in [5.41, 5.74) is 3.43. The first kappa shape index (κ1) is 20.1. The van der Waals surface area contributed by atoms with E-state index in [-0.39, 0.29) is 10.7 Å². The molecule has 0 amide bonds. The molecule has 0 atom stereocenters. The molecule has 0 bridgehead atoms. The summed E-state index contributed by atoms with van der Waals surface area (Å²) in [5.74, 6) is 0.412. The van der Waals surface area contributed by atoms with Gasteiger partial charge in [0.2, 0.25) is 0 Å². The molecule has 8 heteroatoms. The minimum absolute atomic E-state index is 0.115. The first-order chi connectivity index (χ1) is 14.3. The van der Waals surface area contributed by atoms with E-state index < -0.39 is 10.0 Å². The summed E-state index contributed by atoms with van der Waals surface area (Å²) in [6.45, 7) is 3.61. The van der Waals surface area contributed by atoms with E-state index in [1.165, 1.54) is 0 Å². The molecule has 1 heterocycles.